The number of aromatic amines is 2. The van der Waals surface area contributed by atoms with E-state index in [4.69, 9.17) is 4.74 Å². The van der Waals surface area contributed by atoms with Crippen molar-refractivity contribution in [3.8, 4) is 5.88 Å². The Labute approximate surface area is 83.5 Å². The van der Waals surface area contributed by atoms with Crippen molar-refractivity contribution in [1.29, 1.82) is 0 Å². The number of aliphatic imine (C=N–C) groups is 1. The van der Waals surface area contributed by atoms with Crippen LogP contribution >= 0.6 is 0 Å². The van der Waals surface area contributed by atoms with E-state index in [9.17, 15) is 14.7 Å². The summed E-state index contributed by atoms with van der Waals surface area (Å²) in [5.41, 5.74) is -1.61. The largest absolute Gasteiger partial charge is 0.494 e. The van der Waals surface area contributed by atoms with E-state index in [-0.39, 0.29) is 11.5 Å². The van der Waals surface area contributed by atoms with E-state index in [1.54, 1.807) is 0 Å². The van der Waals surface area contributed by atoms with Crippen molar-refractivity contribution in [2.45, 2.75) is 6.42 Å². The molecule has 1 aliphatic heterocycles. The number of rotatable bonds is 1. The van der Waals surface area contributed by atoms with Crippen LogP contribution in [0.15, 0.2) is 14.6 Å². The predicted octanol–water partition coefficient (Wildman–Crippen LogP) is -1.06. The molecule has 0 saturated carbocycles. The van der Waals surface area contributed by atoms with Gasteiger partial charge in [0.25, 0.3) is 5.56 Å². The molecule has 7 nitrogen and oxygen atoms in total. The fourth-order valence-electron chi connectivity index (χ4n) is 1.28. The Morgan fingerprint density at radius 1 is 1.33 bits per heavy atom. The van der Waals surface area contributed by atoms with Gasteiger partial charge in [-0.05, 0) is 0 Å². The maximum atomic E-state index is 11.4. The van der Waals surface area contributed by atoms with Gasteiger partial charge < -0.3 is 9.84 Å². The molecule has 80 valence electrons. The van der Waals surface area contributed by atoms with Crippen LogP contribution < -0.4 is 11.2 Å². The summed E-state index contributed by atoms with van der Waals surface area (Å²) in [4.78, 5) is 30.2. The molecule has 2 heterocycles. The first kappa shape index (κ1) is 9.50. The summed E-state index contributed by atoms with van der Waals surface area (Å²) >= 11 is 0. The zero-order chi connectivity index (χ0) is 10.8. The number of aromatic nitrogens is 2. The Hall–Kier alpha value is -2.05. The van der Waals surface area contributed by atoms with Gasteiger partial charge in [0.05, 0.1) is 6.61 Å². The van der Waals surface area contributed by atoms with Crippen molar-refractivity contribution < 1.29 is 9.84 Å². The lowest BCUT2D eigenvalue weighted by Gasteiger charge is -2.13. The first-order chi connectivity index (χ1) is 7.18. The number of hydrogen-bond acceptors (Lipinski definition) is 5. The Kier molecular flexibility index (Phi) is 2.28. The molecular formula is C8H9N3O4. The second kappa shape index (κ2) is 3.60. The normalized spacial score (nSPS) is 15.6. The summed E-state index contributed by atoms with van der Waals surface area (Å²) in [5, 5.41) is 9.39. The Morgan fingerprint density at radius 2 is 2.13 bits per heavy atom. The molecule has 15 heavy (non-hydrogen) atoms. The molecule has 0 aromatic carbocycles. The smallest absolute Gasteiger partial charge is 0.328 e. The Morgan fingerprint density at radius 3 is 2.73 bits per heavy atom. The lowest BCUT2D eigenvalue weighted by molar-refractivity contribution is 0.282. The Balaban J connectivity index is 2.57. The summed E-state index contributed by atoms with van der Waals surface area (Å²) in [6.07, 6.45) is 0.769. The van der Waals surface area contributed by atoms with Crippen molar-refractivity contribution in [3.05, 3.63) is 26.4 Å². The van der Waals surface area contributed by atoms with Crippen LogP contribution in [0.4, 0.5) is 0 Å². The minimum atomic E-state index is -0.766. The van der Waals surface area contributed by atoms with Gasteiger partial charge in [-0.15, -0.1) is 0 Å². The third kappa shape index (κ3) is 1.76. The van der Waals surface area contributed by atoms with Crippen molar-refractivity contribution >= 4 is 5.90 Å². The van der Waals surface area contributed by atoms with Gasteiger partial charge in [-0.3, -0.25) is 19.8 Å². The first-order valence-corrected chi connectivity index (χ1v) is 4.41. The standard InChI is InChI=1S/C8H9N3O4/c12-5-4(6(13)11-8(14)10-5)7-9-2-1-3-15-7/h1-3H2,(H3,10,11,12,13,14). The van der Waals surface area contributed by atoms with Crippen LogP contribution in [0.3, 0.4) is 0 Å². The molecule has 0 amide bonds. The minimum Gasteiger partial charge on any atom is -0.494 e. The third-order valence-corrected chi connectivity index (χ3v) is 1.93. The van der Waals surface area contributed by atoms with Crippen molar-refractivity contribution in [3.63, 3.8) is 0 Å². The molecule has 0 spiro atoms. The fraction of sp³-hybridized carbons (Fsp3) is 0.375. The highest BCUT2D eigenvalue weighted by molar-refractivity contribution is 5.95. The number of aromatic hydroxyl groups is 1. The average Bonchev–Trinajstić information content (AvgIpc) is 2.17. The maximum absolute atomic E-state index is 11.4. The fourth-order valence-corrected chi connectivity index (χ4v) is 1.28. The van der Waals surface area contributed by atoms with Crippen LogP contribution in [0.25, 0.3) is 0 Å². The van der Waals surface area contributed by atoms with Crippen LogP contribution in [-0.4, -0.2) is 34.1 Å². The summed E-state index contributed by atoms with van der Waals surface area (Å²) in [6.45, 7) is 0.976. The maximum Gasteiger partial charge on any atom is 0.328 e. The van der Waals surface area contributed by atoms with Gasteiger partial charge in [-0.2, -0.15) is 0 Å². The molecule has 0 fully saturated rings. The van der Waals surface area contributed by atoms with Gasteiger partial charge in [-0.1, -0.05) is 0 Å². The van der Waals surface area contributed by atoms with Crippen LogP contribution in [0, 0.1) is 0 Å². The molecule has 1 aromatic heterocycles. The molecular weight excluding hydrogens is 202 g/mol. The SMILES string of the molecule is O=c1[nH]c(O)c(C2=NCCCO2)c(=O)[nH]1. The molecule has 1 aromatic rings. The second-order valence-corrected chi connectivity index (χ2v) is 3.02. The molecule has 0 bridgehead atoms. The van der Waals surface area contributed by atoms with E-state index in [2.05, 4.69) is 9.98 Å². The van der Waals surface area contributed by atoms with Gasteiger partial charge in [0.15, 0.2) is 5.56 Å². The molecule has 7 heteroatoms. The molecule has 0 radical (unpaired) electrons. The molecule has 0 saturated heterocycles. The minimum absolute atomic E-state index is 0.0660. The van der Waals surface area contributed by atoms with Crippen molar-refractivity contribution in [1.82, 2.24) is 9.97 Å². The monoisotopic (exact) mass is 211 g/mol. The van der Waals surface area contributed by atoms with Crippen LogP contribution in [0.2, 0.25) is 0 Å². The molecule has 2 rings (SSSR count). The molecule has 0 unspecified atom stereocenters. The van der Waals surface area contributed by atoms with Gasteiger partial charge in [0, 0.05) is 13.0 Å². The number of H-pyrrole nitrogens is 2. The topological polar surface area (TPSA) is 108 Å². The summed E-state index contributed by atoms with van der Waals surface area (Å²) in [5.74, 6) is -0.458. The summed E-state index contributed by atoms with van der Waals surface area (Å²) < 4.78 is 5.11. The quantitative estimate of drug-likeness (QED) is 0.550. The van der Waals surface area contributed by atoms with Crippen molar-refractivity contribution in [2.24, 2.45) is 4.99 Å². The number of hydrogen-bond donors (Lipinski definition) is 3. The summed E-state index contributed by atoms with van der Waals surface area (Å²) in [7, 11) is 0. The lowest BCUT2D eigenvalue weighted by Crippen LogP contribution is -2.30. The highest BCUT2D eigenvalue weighted by Gasteiger charge is 2.18. The predicted molar refractivity (Wildman–Crippen MR) is 51.3 cm³/mol. The first-order valence-electron chi connectivity index (χ1n) is 4.41. The number of ether oxygens (including phenoxy) is 1. The molecule has 0 atom stereocenters. The van der Waals surface area contributed by atoms with Gasteiger partial charge >= 0.3 is 5.69 Å². The zero-order valence-electron chi connectivity index (χ0n) is 7.74. The van der Waals surface area contributed by atoms with Gasteiger partial charge in [-0.25, -0.2) is 4.79 Å². The van der Waals surface area contributed by atoms with E-state index in [1.807, 2.05) is 4.98 Å². The average molecular weight is 211 g/mol. The summed E-state index contributed by atoms with van der Waals surface area (Å²) in [6, 6.07) is 0. The molecule has 0 aliphatic carbocycles. The molecule has 3 N–H and O–H groups in total. The van der Waals surface area contributed by atoms with Crippen LogP contribution in [0.5, 0.6) is 5.88 Å². The Bertz CT molecular complexity index is 513. The number of nitrogens with one attached hydrogen (secondary N) is 2. The zero-order valence-corrected chi connectivity index (χ0v) is 7.74. The van der Waals surface area contributed by atoms with Gasteiger partial charge in [0.1, 0.15) is 0 Å². The highest BCUT2D eigenvalue weighted by Crippen LogP contribution is 2.10. The lowest BCUT2D eigenvalue weighted by atomic mass is 10.3. The van der Waals surface area contributed by atoms with E-state index >= 15 is 0 Å². The highest BCUT2D eigenvalue weighted by atomic mass is 16.5. The van der Waals surface area contributed by atoms with Crippen LogP contribution in [0.1, 0.15) is 12.0 Å². The van der Waals surface area contributed by atoms with Crippen molar-refractivity contribution in [2.75, 3.05) is 13.2 Å². The van der Waals surface area contributed by atoms with Crippen LogP contribution in [-0.2, 0) is 4.74 Å². The third-order valence-electron chi connectivity index (χ3n) is 1.93. The van der Waals surface area contributed by atoms with E-state index in [0.717, 1.165) is 6.42 Å². The van der Waals surface area contributed by atoms with E-state index < -0.39 is 17.1 Å². The second-order valence-electron chi connectivity index (χ2n) is 3.02. The van der Waals surface area contributed by atoms with Gasteiger partial charge in [0.2, 0.25) is 11.8 Å². The van der Waals surface area contributed by atoms with E-state index in [0.29, 0.717) is 13.2 Å². The van der Waals surface area contributed by atoms with E-state index in [1.165, 1.54) is 0 Å². The number of nitrogens with zero attached hydrogens (tertiary/aromatic N) is 1. The molecule has 1 aliphatic rings.